The van der Waals surface area contributed by atoms with Crippen LogP contribution < -0.4 is 10.9 Å². The number of hydrazine groups is 1. The molecular weight excluding hydrogens is 299 g/mol. The van der Waals surface area contributed by atoms with Gasteiger partial charge in [0.15, 0.2) is 0 Å². The van der Waals surface area contributed by atoms with Crippen molar-refractivity contribution in [2.75, 3.05) is 26.2 Å². The van der Waals surface area contributed by atoms with E-state index >= 15 is 0 Å². The van der Waals surface area contributed by atoms with Crippen LogP contribution in [0.1, 0.15) is 23.7 Å². The normalized spacial score (nSPS) is 24.8. The molecule has 2 heterocycles. The molecule has 0 bridgehead atoms. The summed E-state index contributed by atoms with van der Waals surface area (Å²) < 4.78 is 13.7. The standard InChI is InChI=1S/C16H21FN4O2/c1-11-10-14(19-18-11)16(23)21-8-6-20(7-9-21)15(22)12-4-2-3-5-13(12)17/h2-5,11,14,18-19H,6-10H2,1H3. The lowest BCUT2D eigenvalue weighted by Crippen LogP contribution is -2.54. The van der Waals surface area contributed by atoms with Crippen LogP contribution in [-0.4, -0.2) is 59.9 Å². The van der Waals surface area contributed by atoms with Crippen LogP contribution in [0.3, 0.4) is 0 Å². The van der Waals surface area contributed by atoms with Gasteiger partial charge >= 0.3 is 0 Å². The van der Waals surface area contributed by atoms with E-state index in [1.807, 2.05) is 6.92 Å². The highest BCUT2D eigenvalue weighted by Crippen LogP contribution is 2.14. The molecule has 0 radical (unpaired) electrons. The van der Waals surface area contributed by atoms with Crippen LogP contribution in [0.2, 0.25) is 0 Å². The first-order valence-electron chi connectivity index (χ1n) is 7.90. The molecule has 2 aliphatic rings. The number of piperazine rings is 1. The molecule has 0 saturated carbocycles. The fourth-order valence-corrected chi connectivity index (χ4v) is 3.03. The molecule has 2 unspecified atom stereocenters. The molecule has 2 aliphatic heterocycles. The zero-order valence-corrected chi connectivity index (χ0v) is 13.1. The van der Waals surface area contributed by atoms with Crippen LogP contribution in [-0.2, 0) is 4.79 Å². The molecule has 23 heavy (non-hydrogen) atoms. The second kappa shape index (κ2) is 6.64. The molecule has 2 N–H and O–H groups in total. The molecular formula is C16H21FN4O2. The third-order valence-corrected chi connectivity index (χ3v) is 4.37. The minimum atomic E-state index is -0.508. The van der Waals surface area contributed by atoms with E-state index < -0.39 is 5.82 Å². The van der Waals surface area contributed by atoms with Gasteiger partial charge in [-0.2, -0.15) is 0 Å². The van der Waals surface area contributed by atoms with Crippen molar-refractivity contribution in [1.29, 1.82) is 0 Å². The van der Waals surface area contributed by atoms with E-state index in [9.17, 15) is 14.0 Å². The molecule has 7 heteroatoms. The van der Waals surface area contributed by atoms with Crippen molar-refractivity contribution < 1.29 is 14.0 Å². The Bertz CT molecular complexity index is 601. The van der Waals surface area contributed by atoms with Crippen molar-refractivity contribution in [2.45, 2.75) is 25.4 Å². The SMILES string of the molecule is CC1CC(C(=O)N2CCN(C(=O)c3ccccc3F)CC2)NN1. The summed E-state index contributed by atoms with van der Waals surface area (Å²) in [5, 5.41) is 0. The van der Waals surface area contributed by atoms with Gasteiger partial charge in [-0.3, -0.25) is 15.0 Å². The fraction of sp³-hybridized carbons (Fsp3) is 0.500. The van der Waals surface area contributed by atoms with Crippen LogP contribution in [0, 0.1) is 5.82 Å². The second-order valence-electron chi connectivity index (χ2n) is 6.08. The van der Waals surface area contributed by atoms with Crippen molar-refractivity contribution in [2.24, 2.45) is 0 Å². The van der Waals surface area contributed by atoms with Gasteiger partial charge in [-0.15, -0.1) is 0 Å². The van der Waals surface area contributed by atoms with Crippen molar-refractivity contribution in [3.05, 3.63) is 35.6 Å². The number of hydrogen-bond acceptors (Lipinski definition) is 4. The van der Waals surface area contributed by atoms with Crippen LogP contribution in [0.5, 0.6) is 0 Å². The van der Waals surface area contributed by atoms with E-state index in [2.05, 4.69) is 10.9 Å². The van der Waals surface area contributed by atoms with Crippen molar-refractivity contribution >= 4 is 11.8 Å². The number of carbonyl (C=O) groups is 2. The van der Waals surface area contributed by atoms with Crippen LogP contribution in [0.4, 0.5) is 4.39 Å². The Kier molecular flexibility index (Phi) is 4.58. The van der Waals surface area contributed by atoms with Crippen LogP contribution >= 0.6 is 0 Å². The lowest BCUT2D eigenvalue weighted by Gasteiger charge is -2.36. The maximum atomic E-state index is 13.7. The number of carbonyl (C=O) groups excluding carboxylic acids is 2. The minimum Gasteiger partial charge on any atom is -0.338 e. The highest BCUT2D eigenvalue weighted by Gasteiger charge is 2.33. The van der Waals surface area contributed by atoms with Gasteiger partial charge in [0.25, 0.3) is 5.91 Å². The van der Waals surface area contributed by atoms with Crippen molar-refractivity contribution in [1.82, 2.24) is 20.7 Å². The topological polar surface area (TPSA) is 64.7 Å². The Morgan fingerprint density at radius 3 is 2.35 bits per heavy atom. The Balaban J connectivity index is 1.57. The zero-order chi connectivity index (χ0) is 16.4. The largest absolute Gasteiger partial charge is 0.338 e. The molecule has 124 valence electrons. The Hall–Kier alpha value is -1.99. The number of rotatable bonds is 2. The quantitative estimate of drug-likeness (QED) is 0.826. The predicted octanol–water partition coefficient (Wildman–Crippen LogP) is 0.365. The Morgan fingerprint density at radius 2 is 1.74 bits per heavy atom. The molecule has 0 spiro atoms. The van der Waals surface area contributed by atoms with E-state index in [1.54, 1.807) is 21.9 Å². The Labute approximate surface area is 134 Å². The molecule has 2 fully saturated rings. The van der Waals surface area contributed by atoms with E-state index in [-0.39, 0.29) is 29.5 Å². The average molecular weight is 320 g/mol. The number of hydrogen-bond donors (Lipinski definition) is 2. The van der Waals surface area contributed by atoms with E-state index in [0.717, 1.165) is 6.42 Å². The average Bonchev–Trinajstić information content (AvgIpc) is 3.01. The van der Waals surface area contributed by atoms with Gasteiger partial charge < -0.3 is 9.80 Å². The zero-order valence-electron chi connectivity index (χ0n) is 13.1. The monoisotopic (exact) mass is 320 g/mol. The van der Waals surface area contributed by atoms with Crippen LogP contribution in [0.15, 0.2) is 24.3 Å². The smallest absolute Gasteiger partial charge is 0.256 e. The van der Waals surface area contributed by atoms with Gasteiger partial charge in [-0.05, 0) is 25.5 Å². The molecule has 0 aromatic heterocycles. The van der Waals surface area contributed by atoms with Gasteiger partial charge in [-0.1, -0.05) is 12.1 Å². The molecule has 2 saturated heterocycles. The number of amides is 2. The third kappa shape index (κ3) is 3.35. The molecule has 1 aromatic rings. The lowest BCUT2D eigenvalue weighted by atomic mass is 10.1. The molecule has 6 nitrogen and oxygen atoms in total. The molecule has 1 aromatic carbocycles. The van der Waals surface area contributed by atoms with Crippen molar-refractivity contribution in [3.63, 3.8) is 0 Å². The summed E-state index contributed by atoms with van der Waals surface area (Å²) in [6.45, 7) is 3.83. The van der Waals surface area contributed by atoms with Gasteiger partial charge in [0.05, 0.1) is 5.56 Å². The number of nitrogens with zero attached hydrogens (tertiary/aromatic N) is 2. The van der Waals surface area contributed by atoms with Gasteiger partial charge in [-0.25, -0.2) is 9.82 Å². The third-order valence-electron chi connectivity index (χ3n) is 4.37. The second-order valence-corrected chi connectivity index (χ2v) is 6.08. The highest BCUT2D eigenvalue weighted by molar-refractivity contribution is 5.94. The molecule has 2 amide bonds. The summed E-state index contributed by atoms with van der Waals surface area (Å²) in [7, 11) is 0. The summed E-state index contributed by atoms with van der Waals surface area (Å²) in [6, 6.07) is 6.05. The van der Waals surface area contributed by atoms with Gasteiger partial charge in [0.1, 0.15) is 11.9 Å². The van der Waals surface area contributed by atoms with E-state index in [0.29, 0.717) is 26.2 Å². The Morgan fingerprint density at radius 1 is 1.09 bits per heavy atom. The summed E-state index contributed by atoms with van der Waals surface area (Å²) in [5.74, 6) is -0.768. The highest BCUT2D eigenvalue weighted by atomic mass is 19.1. The van der Waals surface area contributed by atoms with Gasteiger partial charge in [0, 0.05) is 32.2 Å². The summed E-state index contributed by atoms with van der Waals surface area (Å²) in [5.41, 5.74) is 6.13. The predicted molar refractivity (Wildman–Crippen MR) is 83.0 cm³/mol. The van der Waals surface area contributed by atoms with Crippen LogP contribution in [0.25, 0.3) is 0 Å². The van der Waals surface area contributed by atoms with E-state index in [1.165, 1.54) is 12.1 Å². The van der Waals surface area contributed by atoms with E-state index in [4.69, 9.17) is 0 Å². The number of nitrogens with one attached hydrogen (secondary N) is 2. The first-order valence-corrected chi connectivity index (χ1v) is 7.90. The van der Waals surface area contributed by atoms with Crippen molar-refractivity contribution in [3.8, 4) is 0 Å². The summed E-state index contributed by atoms with van der Waals surface area (Å²) in [4.78, 5) is 28.1. The maximum Gasteiger partial charge on any atom is 0.256 e. The first-order chi connectivity index (χ1) is 11.1. The molecule has 3 rings (SSSR count). The maximum absolute atomic E-state index is 13.7. The number of halogens is 1. The summed E-state index contributed by atoms with van der Waals surface area (Å²) >= 11 is 0. The molecule has 2 atom stereocenters. The first kappa shape index (κ1) is 15.9. The summed E-state index contributed by atoms with van der Waals surface area (Å²) in [6.07, 6.45) is 0.757. The molecule has 0 aliphatic carbocycles. The number of benzene rings is 1. The fourth-order valence-electron chi connectivity index (χ4n) is 3.03. The lowest BCUT2D eigenvalue weighted by molar-refractivity contribution is -0.134. The van der Waals surface area contributed by atoms with Gasteiger partial charge in [0.2, 0.25) is 5.91 Å². The minimum absolute atomic E-state index is 0.0554.